The molecule has 0 atom stereocenters. The molecule has 0 unspecified atom stereocenters. The van der Waals surface area contributed by atoms with Crippen LogP contribution in [0.15, 0.2) is 71.8 Å². The Hall–Kier alpha value is -2.74. The summed E-state index contributed by atoms with van der Waals surface area (Å²) in [6.45, 7) is 2.33. The maximum Gasteiger partial charge on any atom is 0.240 e. The van der Waals surface area contributed by atoms with Gasteiger partial charge in [-0.25, -0.2) is 23.1 Å². The van der Waals surface area contributed by atoms with Gasteiger partial charge in [-0.15, -0.1) is 0 Å². The number of halogens is 1. The van der Waals surface area contributed by atoms with Gasteiger partial charge in [0.1, 0.15) is 11.3 Å². The van der Waals surface area contributed by atoms with Crippen molar-refractivity contribution >= 4 is 32.8 Å². The quantitative estimate of drug-likeness (QED) is 0.507. The minimum absolute atomic E-state index is 0.0388. The van der Waals surface area contributed by atoms with Gasteiger partial charge < -0.3 is 4.57 Å². The molecule has 2 heterocycles. The van der Waals surface area contributed by atoms with E-state index in [1.807, 2.05) is 47.9 Å². The third-order valence-corrected chi connectivity index (χ3v) is 6.36. The maximum absolute atomic E-state index is 12.7. The van der Waals surface area contributed by atoms with Gasteiger partial charge in [-0.1, -0.05) is 41.9 Å². The Kier molecular flexibility index (Phi) is 5.36. The molecular weight excluding hydrogens is 408 g/mol. The highest BCUT2D eigenvalue weighted by Gasteiger charge is 2.18. The van der Waals surface area contributed by atoms with E-state index in [2.05, 4.69) is 14.7 Å². The van der Waals surface area contributed by atoms with Crippen molar-refractivity contribution in [2.75, 3.05) is 0 Å². The van der Waals surface area contributed by atoms with E-state index in [0.29, 0.717) is 28.6 Å². The molecule has 0 aliphatic carbocycles. The second-order valence-corrected chi connectivity index (χ2v) is 8.87. The van der Waals surface area contributed by atoms with Crippen LogP contribution in [0, 0.1) is 6.92 Å². The van der Waals surface area contributed by atoms with Crippen molar-refractivity contribution in [3.8, 4) is 0 Å². The van der Waals surface area contributed by atoms with Crippen LogP contribution in [0.2, 0.25) is 5.02 Å². The van der Waals surface area contributed by atoms with Crippen LogP contribution in [-0.4, -0.2) is 23.0 Å². The monoisotopic (exact) mass is 426 g/mol. The van der Waals surface area contributed by atoms with Gasteiger partial charge in [0.25, 0.3) is 0 Å². The predicted molar refractivity (Wildman–Crippen MR) is 113 cm³/mol. The number of hydrogen-bond donors (Lipinski definition) is 1. The zero-order valence-corrected chi connectivity index (χ0v) is 17.3. The number of benzene rings is 2. The van der Waals surface area contributed by atoms with Crippen molar-refractivity contribution in [1.29, 1.82) is 0 Å². The van der Waals surface area contributed by atoms with E-state index in [1.165, 1.54) is 0 Å². The molecular formula is C21H19ClN4O2S. The van der Waals surface area contributed by atoms with Crippen LogP contribution in [-0.2, 0) is 23.1 Å². The number of pyridine rings is 1. The highest BCUT2D eigenvalue weighted by atomic mass is 35.5. The van der Waals surface area contributed by atoms with Gasteiger partial charge in [0.05, 0.1) is 18.0 Å². The topological polar surface area (TPSA) is 76.9 Å². The van der Waals surface area contributed by atoms with Crippen LogP contribution in [0.25, 0.3) is 11.2 Å². The lowest BCUT2D eigenvalue weighted by Gasteiger charge is -2.11. The summed E-state index contributed by atoms with van der Waals surface area (Å²) in [5.41, 5.74) is 3.16. The van der Waals surface area contributed by atoms with Crippen LogP contribution < -0.4 is 4.72 Å². The van der Waals surface area contributed by atoms with Crippen molar-refractivity contribution in [3.63, 3.8) is 0 Å². The number of aryl methyl sites for hydroxylation is 1. The fourth-order valence-corrected chi connectivity index (χ4v) is 4.41. The van der Waals surface area contributed by atoms with Gasteiger partial charge in [0.15, 0.2) is 5.65 Å². The molecule has 148 valence electrons. The Bertz CT molecular complexity index is 1280. The van der Waals surface area contributed by atoms with Crippen molar-refractivity contribution < 1.29 is 8.42 Å². The summed E-state index contributed by atoms with van der Waals surface area (Å²) in [6.07, 6.45) is 1.69. The predicted octanol–water partition coefficient (Wildman–Crippen LogP) is 3.92. The van der Waals surface area contributed by atoms with Gasteiger partial charge in [-0.2, -0.15) is 0 Å². The Balaban J connectivity index is 1.68. The van der Waals surface area contributed by atoms with Gasteiger partial charge in [-0.05, 0) is 48.4 Å². The molecule has 0 amide bonds. The van der Waals surface area contributed by atoms with Crippen molar-refractivity contribution in [2.24, 2.45) is 0 Å². The molecule has 0 saturated heterocycles. The van der Waals surface area contributed by atoms with Gasteiger partial charge in [0.2, 0.25) is 10.0 Å². The average Bonchev–Trinajstić information content (AvgIpc) is 3.06. The van der Waals surface area contributed by atoms with Crippen LogP contribution in [0.4, 0.5) is 0 Å². The second kappa shape index (κ2) is 7.94. The zero-order valence-electron chi connectivity index (χ0n) is 15.7. The number of hydrogen-bond acceptors (Lipinski definition) is 4. The van der Waals surface area contributed by atoms with E-state index >= 15 is 0 Å². The summed E-state index contributed by atoms with van der Waals surface area (Å²) in [5.74, 6) is 0.565. The summed E-state index contributed by atoms with van der Waals surface area (Å²) in [6, 6.07) is 18.0. The first-order chi connectivity index (χ1) is 13.9. The van der Waals surface area contributed by atoms with Crippen LogP contribution >= 0.6 is 11.6 Å². The van der Waals surface area contributed by atoms with E-state index in [0.717, 1.165) is 11.1 Å². The summed E-state index contributed by atoms with van der Waals surface area (Å²) in [5, 5.41) is 0.636. The second-order valence-electron chi connectivity index (χ2n) is 6.69. The summed E-state index contributed by atoms with van der Waals surface area (Å²) >= 11 is 6.32. The van der Waals surface area contributed by atoms with E-state index < -0.39 is 10.0 Å². The number of nitrogens with zero attached hydrogens (tertiary/aromatic N) is 3. The van der Waals surface area contributed by atoms with Gasteiger partial charge in [0, 0.05) is 11.2 Å². The minimum atomic E-state index is -3.67. The Morgan fingerprint density at radius 1 is 1.07 bits per heavy atom. The SMILES string of the molecule is Cc1cccc(S(=O)(=O)NCc2nc3cccnc3n2Cc2ccccc2Cl)c1. The number of fused-ring (bicyclic) bond motifs is 1. The Morgan fingerprint density at radius 3 is 2.69 bits per heavy atom. The number of aromatic nitrogens is 3. The fraction of sp³-hybridized carbons (Fsp3) is 0.143. The molecule has 0 radical (unpaired) electrons. The lowest BCUT2D eigenvalue weighted by atomic mass is 10.2. The molecule has 4 rings (SSSR count). The smallest absolute Gasteiger partial charge is 0.240 e. The highest BCUT2D eigenvalue weighted by molar-refractivity contribution is 7.89. The van der Waals surface area contributed by atoms with Crippen LogP contribution in [0.5, 0.6) is 0 Å². The number of nitrogens with one attached hydrogen (secondary N) is 1. The zero-order chi connectivity index (χ0) is 20.4. The molecule has 0 bridgehead atoms. The first kappa shape index (κ1) is 19.6. The molecule has 0 aliphatic heterocycles. The van der Waals surface area contributed by atoms with E-state index in [1.54, 1.807) is 30.5 Å². The number of sulfonamides is 1. The molecule has 2 aromatic carbocycles. The lowest BCUT2D eigenvalue weighted by Crippen LogP contribution is -2.25. The number of imidazole rings is 1. The minimum Gasteiger partial charge on any atom is -0.307 e. The van der Waals surface area contributed by atoms with E-state index in [9.17, 15) is 8.42 Å². The standard InChI is InChI=1S/C21H19ClN4O2S/c1-15-6-4-8-17(12-15)29(27,28)24-13-20-25-19-10-5-11-23-21(19)26(20)14-16-7-2-3-9-18(16)22/h2-12,24H,13-14H2,1H3. The summed E-state index contributed by atoms with van der Waals surface area (Å²) < 4.78 is 30.0. The van der Waals surface area contributed by atoms with Crippen molar-refractivity contribution in [1.82, 2.24) is 19.3 Å². The van der Waals surface area contributed by atoms with Crippen molar-refractivity contribution in [3.05, 3.63) is 88.8 Å². The highest BCUT2D eigenvalue weighted by Crippen LogP contribution is 2.21. The van der Waals surface area contributed by atoms with E-state index in [-0.39, 0.29) is 11.4 Å². The fourth-order valence-electron chi connectivity index (χ4n) is 3.13. The molecule has 0 fully saturated rings. The molecule has 29 heavy (non-hydrogen) atoms. The lowest BCUT2D eigenvalue weighted by molar-refractivity contribution is 0.576. The first-order valence-electron chi connectivity index (χ1n) is 9.04. The first-order valence-corrected chi connectivity index (χ1v) is 10.9. The molecule has 0 aliphatic rings. The molecule has 8 heteroatoms. The Morgan fingerprint density at radius 2 is 1.90 bits per heavy atom. The van der Waals surface area contributed by atoms with Crippen LogP contribution in [0.1, 0.15) is 17.0 Å². The Labute approximate surface area is 174 Å². The molecule has 0 saturated carbocycles. The third kappa shape index (κ3) is 4.17. The maximum atomic E-state index is 12.7. The van der Waals surface area contributed by atoms with Crippen molar-refractivity contribution in [2.45, 2.75) is 24.9 Å². The molecule has 1 N–H and O–H groups in total. The molecule has 4 aromatic rings. The van der Waals surface area contributed by atoms with Gasteiger partial charge in [-0.3, -0.25) is 0 Å². The van der Waals surface area contributed by atoms with Crippen LogP contribution in [0.3, 0.4) is 0 Å². The molecule has 0 spiro atoms. The largest absolute Gasteiger partial charge is 0.307 e. The van der Waals surface area contributed by atoms with E-state index in [4.69, 9.17) is 11.6 Å². The number of rotatable bonds is 6. The normalized spacial score (nSPS) is 11.8. The van der Waals surface area contributed by atoms with Gasteiger partial charge >= 0.3 is 0 Å². The molecule has 2 aromatic heterocycles. The summed E-state index contributed by atoms with van der Waals surface area (Å²) in [4.78, 5) is 9.23. The molecule has 6 nitrogen and oxygen atoms in total. The third-order valence-electron chi connectivity index (χ3n) is 4.59. The summed E-state index contributed by atoms with van der Waals surface area (Å²) in [7, 11) is -3.67. The average molecular weight is 427 g/mol.